The highest BCUT2D eigenvalue weighted by molar-refractivity contribution is 5.08. The van der Waals surface area contributed by atoms with Crippen LogP contribution in [-0.2, 0) is 20.8 Å². The van der Waals surface area contributed by atoms with Crippen LogP contribution in [-0.4, -0.2) is 34.8 Å². The molecule has 1 aromatic rings. The maximum absolute atomic E-state index is 6.28. The summed E-state index contributed by atoms with van der Waals surface area (Å²) in [5, 5.41) is 7.91. The van der Waals surface area contributed by atoms with E-state index < -0.39 is 5.79 Å². The summed E-state index contributed by atoms with van der Waals surface area (Å²) in [5.41, 5.74) is 0.739. The first-order valence-corrected chi connectivity index (χ1v) is 7.24. The monoisotopic (exact) mass is 278 g/mol. The van der Waals surface area contributed by atoms with Gasteiger partial charge in [0.15, 0.2) is 5.79 Å². The summed E-state index contributed by atoms with van der Waals surface area (Å²) in [6, 6.07) is 3.78. The van der Waals surface area contributed by atoms with Crippen LogP contribution in [0.25, 0.3) is 0 Å². The van der Waals surface area contributed by atoms with Crippen LogP contribution in [0.5, 0.6) is 0 Å². The number of aromatic nitrogens is 2. The first-order chi connectivity index (χ1) is 9.60. The molecule has 20 heavy (non-hydrogen) atoms. The Kier molecular flexibility index (Phi) is 3.52. The fourth-order valence-corrected chi connectivity index (χ4v) is 3.37. The standard InChI is InChI=1S/C15H22N2O3/c1-11(2)14-6-7-15(18-3,20-14)13(9-14)19-10-12-5-4-8-16-17-12/h4-5,8,11,13H,6-7,9-10H2,1-3H3/t13-,14-,15+/m0/s1. The van der Waals surface area contributed by atoms with Crippen LogP contribution in [0.15, 0.2) is 18.3 Å². The highest BCUT2D eigenvalue weighted by atomic mass is 16.7. The molecule has 0 N–H and O–H groups in total. The van der Waals surface area contributed by atoms with Gasteiger partial charge in [0.05, 0.1) is 17.9 Å². The van der Waals surface area contributed by atoms with Gasteiger partial charge in [-0.05, 0) is 24.5 Å². The molecule has 0 amide bonds. The molecule has 2 saturated heterocycles. The smallest absolute Gasteiger partial charge is 0.195 e. The van der Waals surface area contributed by atoms with Crippen molar-refractivity contribution >= 4 is 0 Å². The normalized spacial score (nSPS) is 35.9. The van der Waals surface area contributed by atoms with Crippen LogP contribution in [0.3, 0.4) is 0 Å². The maximum atomic E-state index is 6.28. The van der Waals surface area contributed by atoms with E-state index in [4.69, 9.17) is 14.2 Å². The van der Waals surface area contributed by atoms with Crippen molar-refractivity contribution in [2.75, 3.05) is 7.11 Å². The summed E-state index contributed by atoms with van der Waals surface area (Å²) in [7, 11) is 1.71. The van der Waals surface area contributed by atoms with Crippen molar-refractivity contribution in [2.24, 2.45) is 5.92 Å². The van der Waals surface area contributed by atoms with Crippen LogP contribution < -0.4 is 0 Å². The number of methoxy groups -OCH3 is 1. The van der Waals surface area contributed by atoms with E-state index in [9.17, 15) is 0 Å². The average molecular weight is 278 g/mol. The van der Waals surface area contributed by atoms with Gasteiger partial charge in [0.25, 0.3) is 0 Å². The van der Waals surface area contributed by atoms with E-state index in [1.54, 1.807) is 13.3 Å². The molecule has 0 aromatic carbocycles. The molecule has 2 bridgehead atoms. The highest BCUT2D eigenvalue weighted by Gasteiger charge is 2.63. The van der Waals surface area contributed by atoms with Gasteiger partial charge in [-0.1, -0.05) is 13.8 Å². The van der Waals surface area contributed by atoms with E-state index in [2.05, 4.69) is 24.0 Å². The van der Waals surface area contributed by atoms with E-state index in [1.807, 2.05) is 12.1 Å². The minimum absolute atomic E-state index is 0.0364. The Labute approximate surface area is 119 Å². The quantitative estimate of drug-likeness (QED) is 0.827. The molecule has 110 valence electrons. The van der Waals surface area contributed by atoms with Gasteiger partial charge in [0, 0.05) is 26.1 Å². The summed E-state index contributed by atoms with van der Waals surface area (Å²) in [6.45, 7) is 4.86. The molecule has 0 spiro atoms. The first-order valence-electron chi connectivity index (χ1n) is 7.24. The Bertz CT molecular complexity index is 467. The van der Waals surface area contributed by atoms with Crippen molar-refractivity contribution in [2.45, 2.75) is 57.2 Å². The number of fused-ring (bicyclic) bond motifs is 2. The predicted molar refractivity (Wildman–Crippen MR) is 72.9 cm³/mol. The van der Waals surface area contributed by atoms with Crippen molar-refractivity contribution in [1.29, 1.82) is 0 Å². The van der Waals surface area contributed by atoms with Gasteiger partial charge in [-0.3, -0.25) is 0 Å². The summed E-state index contributed by atoms with van der Waals surface area (Å²) >= 11 is 0. The third-order valence-electron chi connectivity index (χ3n) is 4.75. The zero-order chi connectivity index (χ0) is 14.2. The minimum Gasteiger partial charge on any atom is -0.366 e. The molecular formula is C15H22N2O3. The van der Waals surface area contributed by atoms with Crippen molar-refractivity contribution < 1.29 is 14.2 Å². The Hall–Kier alpha value is -1.04. The van der Waals surface area contributed by atoms with Gasteiger partial charge in [0.2, 0.25) is 0 Å². The van der Waals surface area contributed by atoms with Crippen LogP contribution in [0.1, 0.15) is 38.8 Å². The summed E-state index contributed by atoms with van der Waals surface area (Å²) in [5.74, 6) is -0.114. The Morgan fingerprint density at radius 2 is 2.30 bits per heavy atom. The Morgan fingerprint density at radius 1 is 1.45 bits per heavy atom. The number of hydrogen-bond donors (Lipinski definition) is 0. The van der Waals surface area contributed by atoms with E-state index in [0.717, 1.165) is 25.0 Å². The highest BCUT2D eigenvalue weighted by Crippen LogP contribution is 2.55. The van der Waals surface area contributed by atoms with E-state index in [-0.39, 0.29) is 11.7 Å². The maximum Gasteiger partial charge on any atom is 0.195 e. The summed E-state index contributed by atoms with van der Waals surface area (Å²) < 4.78 is 18.0. The van der Waals surface area contributed by atoms with Crippen LogP contribution in [0.2, 0.25) is 0 Å². The summed E-state index contributed by atoms with van der Waals surface area (Å²) in [6.07, 6.45) is 4.45. The van der Waals surface area contributed by atoms with Crippen LogP contribution in [0.4, 0.5) is 0 Å². The molecule has 0 radical (unpaired) electrons. The van der Waals surface area contributed by atoms with Crippen molar-refractivity contribution in [3.63, 3.8) is 0 Å². The molecule has 5 nitrogen and oxygen atoms in total. The third kappa shape index (κ3) is 2.14. The van der Waals surface area contributed by atoms with Crippen molar-refractivity contribution in [1.82, 2.24) is 10.2 Å². The van der Waals surface area contributed by atoms with Gasteiger partial charge < -0.3 is 14.2 Å². The molecule has 0 saturated carbocycles. The lowest BCUT2D eigenvalue weighted by Gasteiger charge is -2.32. The fourth-order valence-electron chi connectivity index (χ4n) is 3.37. The second-order valence-corrected chi connectivity index (χ2v) is 6.06. The molecule has 2 aliphatic heterocycles. The van der Waals surface area contributed by atoms with Crippen LogP contribution >= 0.6 is 0 Å². The number of ether oxygens (including phenoxy) is 3. The minimum atomic E-state index is -0.577. The van der Waals surface area contributed by atoms with Crippen LogP contribution in [0, 0.1) is 5.92 Å². The number of rotatable bonds is 5. The van der Waals surface area contributed by atoms with Gasteiger partial charge in [-0.25, -0.2) is 0 Å². The molecule has 3 rings (SSSR count). The van der Waals surface area contributed by atoms with Crippen molar-refractivity contribution in [3.05, 3.63) is 24.0 Å². The SMILES string of the molecule is CO[C@@]12CC[C@@](C(C)C)(C[C@@H]1OCc1cccnn1)O2. The molecule has 2 aliphatic rings. The Morgan fingerprint density at radius 3 is 2.95 bits per heavy atom. The van der Waals surface area contributed by atoms with Crippen molar-refractivity contribution in [3.8, 4) is 0 Å². The van der Waals surface area contributed by atoms with Gasteiger partial charge >= 0.3 is 0 Å². The molecule has 3 heterocycles. The van der Waals surface area contributed by atoms with E-state index in [1.165, 1.54) is 0 Å². The topological polar surface area (TPSA) is 53.5 Å². The second kappa shape index (κ2) is 5.06. The van der Waals surface area contributed by atoms with Gasteiger partial charge in [-0.15, -0.1) is 0 Å². The molecule has 0 unspecified atom stereocenters. The third-order valence-corrected chi connectivity index (χ3v) is 4.75. The average Bonchev–Trinajstić information content (AvgIpc) is 3.01. The van der Waals surface area contributed by atoms with E-state index in [0.29, 0.717) is 12.5 Å². The molecule has 5 heteroatoms. The van der Waals surface area contributed by atoms with E-state index >= 15 is 0 Å². The zero-order valence-electron chi connectivity index (χ0n) is 12.3. The largest absolute Gasteiger partial charge is 0.366 e. The molecular weight excluding hydrogens is 256 g/mol. The molecule has 3 atom stereocenters. The fraction of sp³-hybridized carbons (Fsp3) is 0.733. The number of hydrogen-bond acceptors (Lipinski definition) is 5. The predicted octanol–water partition coefficient (Wildman–Crippen LogP) is 2.31. The number of nitrogens with zero attached hydrogens (tertiary/aromatic N) is 2. The first kappa shape index (κ1) is 13.9. The van der Waals surface area contributed by atoms with Gasteiger partial charge in [-0.2, -0.15) is 10.2 Å². The lowest BCUT2D eigenvalue weighted by molar-refractivity contribution is -0.246. The lowest BCUT2D eigenvalue weighted by atomic mass is 9.78. The second-order valence-electron chi connectivity index (χ2n) is 6.06. The van der Waals surface area contributed by atoms with Gasteiger partial charge in [0.1, 0.15) is 6.10 Å². The molecule has 0 aliphatic carbocycles. The summed E-state index contributed by atoms with van der Waals surface area (Å²) in [4.78, 5) is 0. The zero-order valence-corrected chi connectivity index (χ0v) is 12.3. The molecule has 2 fully saturated rings. The lowest BCUT2D eigenvalue weighted by Crippen LogP contribution is -2.42. The Balaban J connectivity index is 1.71. The molecule has 1 aromatic heterocycles.